The van der Waals surface area contributed by atoms with E-state index in [2.05, 4.69) is 12.1 Å². The number of aliphatic carboxylic acids is 1. The summed E-state index contributed by atoms with van der Waals surface area (Å²) >= 11 is 0. The van der Waals surface area contributed by atoms with Crippen LogP contribution in [-0.2, 0) is 16.1 Å². The molecule has 2 aromatic rings. The number of carbonyl (C=O) groups is 1. The molecule has 0 radical (unpaired) electrons. The smallest absolute Gasteiger partial charge is 0.332 e. The van der Waals surface area contributed by atoms with Gasteiger partial charge >= 0.3 is 5.97 Å². The molecule has 0 saturated heterocycles. The van der Waals surface area contributed by atoms with E-state index in [9.17, 15) is 4.79 Å². The van der Waals surface area contributed by atoms with Crippen LogP contribution in [0.25, 0.3) is 11.1 Å². The maximum atomic E-state index is 10.6. The topological polar surface area (TPSA) is 46.5 Å². The lowest BCUT2D eigenvalue weighted by Gasteiger charge is -2.09. The molecule has 1 atom stereocenters. The third kappa shape index (κ3) is 3.66. The summed E-state index contributed by atoms with van der Waals surface area (Å²) in [5, 5.41) is 8.73. The van der Waals surface area contributed by atoms with Crippen molar-refractivity contribution in [3.63, 3.8) is 0 Å². The molecule has 2 aromatic carbocycles. The van der Waals surface area contributed by atoms with Crippen molar-refractivity contribution in [2.45, 2.75) is 19.6 Å². The second-order valence-corrected chi connectivity index (χ2v) is 4.35. The van der Waals surface area contributed by atoms with Gasteiger partial charge in [0.25, 0.3) is 0 Å². The molecule has 0 aliphatic rings. The molecular formula is C16H16O3. The number of carboxylic acid groups (broad SMARTS) is 1. The fraction of sp³-hybridized carbons (Fsp3) is 0.188. The van der Waals surface area contributed by atoms with Crippen LogP contribution in [0.3, 0.4) is 0 Å². The Bertz CT molecular complexity index is 532. The molecular weight excluding hydrogens is 240 g/mol. The Morgan fingerprint density at radius 3 is 2.21 bits per heavy atom. The molecule has 0 heterocycles. The van der Waals surface area contributed by atoms with E-state index >= 15 is 0 Å². The Hall–Kier alpha value is -2.13. The Morgan fingerprint density at radius 1 is 1.05 bits per heavy atom. The highest BCUT2D eigenvalue weighted by atomic mass is 16.5. The summed E-state index contributed by atoms with van der Waals surface area (Å²) < 4.78 is 5.24. The summed E-state index contributed by atoms with van der Waals surface area (Å²) in [5.41, 5.74) is 3.26. The molecule has 2 rings (SSSR count). The lowest BCUT2D eigenvalue weighted by molar-refractivity contribution is -0.149. The molecule has 0 saturated carbocycles. The molecule has 0 aliphatic heterocycles. The minimum atomic E-state index is -0.944. The van der Waals surface area contributed by atoms with Crippen molar-refractivity contribution in [2.75, 3.05) is 0 Å². The van der Waals surface area contributed by atoms with Crippen LogP contribution in [0.15, 0.2) is 54.6 Å². The highest BCUT2D eigenvalue weighted by molar-refractivity contribution is 5.71. The van der Waals surface area contributed by atoms with Crippen LogP contribution in [0.5, 0.6) is 0 Å². The van der Waals surface area contributed by atoms with E-state index in [1.165, 1.54) is 6.92 Å². The van der Waals surface area contributed by atoms with Crippen molar-refractivity contribution in [3.8, 4) is 11.1 Å². The van der Waals surface area contributed by atoms with Gasteiger partial charge in [0.2, 0.25) is 0 Å². The number of hydrogen-bond acceptors (Lipinski definition) is 2. The molecule has 0 aromatic heterocycles. The number of rotatable bonds is 5. The van der Waals surface area contributed by atoms with Gasteiger partial charge in [-0.2, -0.15) is 0 Å². The van der Waals surface area contributed by atoms with Crippen molar-refractivity contribution in [1.29, 1.82) is 0 Å². The summed E-state index contributed by atoms with van der Waals surface area (Å²) in [6.07, 6.45) is -0.784. The highest BCUT2D eigenvalue weighted by Gasteiger charge is 2.10. The number of carboxylic acids is 1. The van der Waals surface area contributed by atoms with Gasteiger partial charge in [-0.15, -0.1) is 0 Å². The highest BCUT2D eigenvalue weighted by Crippen LogP contribution is 2.19. The summed E-state index contributed by atoms with van der Waals surface area (Å²) in [5.74, 6) is -0.944. The predicted molar refractivity (Wildman–Crippen MR) is 73.8 cm³/mol. The zero-order chi connectivity index (χ0) is 13.7. The molecule has 98 valence electrons. The van der Waals surface area contributed by atoms with Gasteiger partial charge < -0.3 is 9.84 Å². The Labute approximate surface area is 112 Å². The van der Waals surface area contributed by atoms with E-state index in [1.807, 2.05) is 42.5 Å². The number of benzene rings is 2. The first-order chi connectivity index (χ1) is 9.16. The Kier molecular flexibility index (Phi) is 4.31. The van der Waals surface area contributed by atoms with Crippen molar-refractivity contribution in [3.05, 3.63) is 60.2 Å². The van der Waals surface area contributed by atoms with Gasteiger partial charge in [-0.05, 0) is 23.6 Å². The third-order valence-electron chi connectivity index (χ3n) is 2.91. The monoisotopic (exact) mass is 256 g/mol. The van der Waals surface area contributed by atoms with Crippen LogP contribution in [-0.4, -0.2) is 17.2 Å². The molecule has 19 heavy (non-hydrogen) atoms. The summed E-state index contributed by atoms with van der Waals surface area (Å²) in [6, 6.07) is 18.0. The molecule has 0 spiro atoms. The van der Waals surface area contributed by atoms with Crippen LogP contribution < -0.4 is 0 Å². The number of ether oxygens (including phenoxy) is 1. The SMILES string of the molecule is C[C@H](OCc1ccc(-c2ccccc2)cc1)C(=O)O. The van der Waals surface area contributed by atoms with E-state index in [4.69, 9.17) is 9.84 Å². The Morgan fingerprint density at radius 2 is 1.63 bits per heavy atom. The lowest BCUT2D eigenvalue weighted by Crippen LogP contribution is -2.19. The van der Waals surface area contributed by atoms with Gasteiger partial charge in [0, 0.05) is 0 Å². The quantitative estimate of drug-likeness (QED) is 0.892. The van der Waals surface area contributed by atoms with E-state index < -0.39 is 12.1 Å². The van der Waals surface area contributed by atoms with Gasteiger partial charge in [0.15, 0.2) is 6.10 Å². The van der Waals surface area contributed by atoms with Crippen molar-refractivity contribution in [1.82, 2.24) is 0 Å². The molecule has 1 N–H and O–H groups in total. The van der Waals surface area contributed by atoms with Crippen molar-refractivity contribution >= 4 is 5.97 Å². The lowest BCUT2D eigenvalue weighted by atomic mass is 10.0. The zero-order valence-corrected chi connectivity index (χ0v) is 10.7. The largest absolute Gasteiger partial charge is 0.479 e. The van der Waals surface area contributed by atoms with Crippen LogP contribution >= 0.6 is 0 Å². The Balaban J connectivity index is 2.01. The first-order valence-electron chi connectivity index (χ1n) is 6.15. The molecule has 0 unspecified atom stereocenters. The average Bonchev–Trinajstić information content (AvgIpc) is 2.46. The standard InChI is InChI=1S/C16H16O3/c1-12(16(17)18)19-11-13-7-9-15(10-8-13)14-5-3-2-4-6-14/h2-10,12H,11H2,1H3,(H,17,18)/t12-/m0/s1. The summed E-state index contributed by atoms with van der Waals surface area (Å²) in [6.45, 7) is 1.84. The maximum Gasteiger partial charge on any atom is 0.332 e. The van der Waals surface area contributed by atoms with Crippen LogP contribution in [0.2, 0.25) is 0 Å². The van der Waals surface area contributed by atoms with E-state index in [-0.39, 0.29) is 0 Å². The van der Waals surface area contributed by atoms with Crippen LogP contribution in [0.4, 0.5) is 0 Å². The number of hydrogen-bond donors (Lipinski definition) is 1. The van der Waals surface area contributed by atoms with E-state index in [0.717, 1.165) is 16.7 Å². The van der Waals surface area contributed by atoms with Crippen molar-refractivity contribution < 1.29 is 14.6 Å². The van der Waals surface area contributed by atoms with Gasteiger partial charge in [-0.3, -0.25) is 0 Å². The predicted octanol–water partition coefficient (Wildman–Crippen LogP) is 3.34. The molecule has 0 fully saturated rings. The third-order valence-corrected chi connectivity index (χ3v) is 2.91. The maximum absolute atomic E-state index is 10.6. The van der Waals surface area contributed by atoms with Crippen molar-refractivity contribution in [2.24, 2.45) is 0 Å². The fourth-order valence-corrected chi connectivity index (χ4v) is 1.72. The van der Waals surface area contributed by atoms with Gasteiger partial charge in [0.1, 0.15) is 0 Å². The molecule has 0 amide bonds. The van der Waals surface area contributed by atoms with Crippen LogP contribution in [0, 0.1) is 0 Å². The van der Waals surface area contributed by atoms with Gasteiger partial charge in [0.05, 0.1) is 6.61 Å². The normalized spacial score (nSPS) is 12.1. The fourth-order valence-electron chi connectivity index (χ4n) is 1.72. The molecule has 0 bridgehead atoms. The second-order valence-electron chi connectivity index (χ2n) is 4.35. The van der Waals surface area contributed by atoms with Crippen LogP contribution in [0.1, 0.15) is 12.5 Å². The molecule has 3 heteroatoms. The summed E-state index contributed by atoms with van der Waals surface area (Å²) in [7, 11) is 0. The minimum absolute atomic E-state index is 0.308. The zero-order valence-electron chi connectivity index (χ0n) is 10.7. The van der Waals surface area contributed by atoms with Gasteiger partial charge in [-0.25, -0.2) is 4.79 Å². The first kappa shape index (κ1) is 13.3. The average molecular weight is 256 g/mol. The molecule has 3 nitrogen and oxygen atoms in total. The summed E-state index contributed by atoms with van der Waals surface area (Å²) in [4.78, 5) is 10.6. The minimum Gasteiger partial charge on any atom is -0.479 e. The van der Waals surface area contributed by atoms with E-state index in [1.54, 1.807) is 0 Å². The second kappa shape index (κ2) is 6.16. The van der Waals surface area contributed by atoms with E-state index in [0.29, 0.717) is 6.61 Å². The molecule has 0 aliphatic carbocycles. The first-order valence-corrected chi connectivity index (χ1v) is 6.15. The van der Waals surface area contributed by atoms with Gasteiger partial charge in [-0.1, -0.05) is 54.6 Å².